The minimum atomic E-state index is -1.35. The van der Waals surface area contributed by atoms with Gasteiger partial charge in [0.25, 0.3) is 0 Å². The second kappa shape index (κ2) is 4.40. The van der Waals surface area contributed by atoms with Crippen LogP contribution in [0.3, 0.4) is 0 Å². The highest BCUT2D eigenvalue weighted by atomic mass is 16.5. The standard InChI is InChI=1S/C11H18N2O3/c1-4-8(7-12)11(10(2,3)15)9(14)16-6-5-13-11/h8,13,15H,4-6H2,1-3H3. The van der Waals surface area contributed by atoms with Crippen LogP contribution in [0.15, 0.2) is 0 Å². The zero-order valence-corrected chi connectivity index (χ0v) is 9.91. The second-order valence-corrected chi connectivity index (χ2v) is 4.52. The lowest BCUT2D eigenvalue weighted by Gasteiger charge is -2.46. The van der Waals surface area contributed by atoms with Gasteiger partial charge >= 0.3 is 5.97 Å². The van der Waals surface area contributed by atoms with E-state index in [1.165, 1.54) is 13.8 Å². The van der Waals surface area contributed by atoms with Crippen molar-refractivity contribution in [2.75, 3.05) is 13.2 Å². The molecule has 0 radical (unpaired) electrons. The lowest BCUT2D eigenvalue weighted by molar-refractivity contribution is -0.173. The lowest BCUT2D eigenvalue weighted by Crippen LogP contribution is -2.72. The summed E-state index contributed by atoms with van der Waals surface area (Å²) in [6.45, 7) is 5.58. The van der Waals surface area contributed by atoms with Crippen LogP contribution in [0.4, 0.5) is 0 Å². The number of nitrogens with zero attached hydrogens (tertiary/aromatic N) is 1. The maximum atomic E-state index is 11.9. The molecule has 2 N–H and O–H groups in total. The molecule has 5 heteroatoms. The van der Waals surface area contributed by atoms with Crippen molar-refractivity contribution < 1.29 is 14.6 Å². The van der Waals surface area contributed by atoms with Gasteiger partial charge in [0.05, 0.1) is 17.6 Å². The molecule has 0 aromatic rings. The smallest absolute Gasteiger partial charge is 0.330 e. The summed E-state index contributed by atoms with van der Waals surface area (Å²) in [6.07, 6.45) is 0.475. The third-order valence-electron chi connectivity index (χ3n) is 3.11. The first-order valence-corrected chi connectivity index (χ1v) is 5.44. The molecule has 1 rings (SSSR count). The van der Waals surface area contributed by atoms with Crippen molar-refractivity contribution in [2.45, 2.75) is 38.3 Å². The van der Waals surface area contributed by atoms with E-state index >= 15 is 0 Å². The molecule has 1 fully saturated rings. The van der Waals surface area contributed by atoms with Crippen LogP contribution in [0.2, 0.25) is 0 Å². The van der Waals surface area contributed by atoms with Crippen molar-refractivity contribution in [3.63, 3.8) is 0 Å². The summed E-state index contributed by atoms with van der Waals surface area (Å²) in [5.41, 5.74) is -2.67. The van der Waals surface area contributed by atoms with Gasteiger partial charge in [0, 0.05) is 6.54 Å². The third-order valence-corrected chi connectivity index (χ3v) is 3.11. The predicted octanol–water partition coefficient (Wildman–Crippen LogP) is 0.192. The monoisotopic (exact) mass is 226 g/mol. The van der Waals surface area contributed by atoms with E-state index in [2.05, 4.69) is 11.4 Å². The van der Waals surface area contributed by atoms with E-state index in [-0.39, 0.29) is 6.61 Å². The number of morpholine rings is 1. The van der Waals surface area contributed by atoms with E-state index in [1.807, 2.05) is 6.92 Å². The van der Waals surface area contributed by atoms with Gasteiger partial charge in [-0.15, -0.1) is 0 Å². The molecule has 1 saturated heterocycles. The van der Waals surface area contributed by atoms with E-state index in [4.69, 9.17) is 10.00 Å². The third kappa shape index (κ3) is 1.79. The maximum Gasteiger partial charge on any atom is 0.330 e. The number of rotatable bonds is 3. The van der Waals surface area contributed by atoms with E-state index in [9.17, 15) is 9.90 Å². The summed E-state index contributed by atoms with van der Waals surface area (Å²) in [5, 5.41) is 22.3. The van der Waals surface area contributed by atoms with E-state index < -0.39 is 23.0 Å². The fourth-order valence-electron chi connectivity index (χ4n) is 2.23. The molecule has 0 aromatic heterocycles. The second-order valence-electron chi connectivity index (χ2n) is 4.52. The Bertz CT molecular complexity index is 316. The Labute approximate surface area is 95.4 Å². The summed E-state index contributed by atoms with van der Waals surface area (Å²) < 4.78 is 4.99. The van der Waals surface area contributed by atoms with Crippen LogP contribution in [-0.4, -0.2) is 35.4 Å². The van der Waals surface area contributed by atoms with Crippen LogP contribution in [0.25, 0.3) is 0 Å². The minimum absolute atomic E-state index is 0.276. The molecule has 0 aromatic carbocycles. The highest BCUT2D eigenvalue weighted by molar-refractivity contribution is 5.84. The summed E-state index contributed by atoms with van der Waals surface area (Å²) in [7, 11) is 0. The van der Waals surface area contributed by atoms with Crippen molar-refractivity contribution in [1.82, 2.24) is 5.32 Å². The summed E-state index contributed by atoms with van der Waals surface area (Å²) in [6, 6.07) is 2.08. The molecule has 0 spiro atoms. The largest absolute Gasteiger partial charge is 0.463 e. The van der Waals surface area contributed by atoms with Gasteiger partial charge in [0.2, 0.25) is 0 Å². The maximum absolute atomic E-state index is 11.9. The van der Waals surface area contributed by atoms with Gasteiger partial charge in [0.15, 0.2) is 5.54 Å². The van der Waals surface area contributed by atoms with Crippen LogP contribution in [0, 0.1) is 17.2 Å². The highest BCUT2D eigenvalue weighted by Gasteiger charge is 2.57. The van der Waals surface area contributed by atoms with Gasteiger partial charge in [-0.2, -0.15) is 5.26 Å². The molecular formula is C11H18N2O3. The quantitative estimate of drug-likeness (QED) is 0.671. The molecule has 90 valence electrons. The summed E-state index contributed by atoms with van der Waals surface area (Å²) in [4.78, 5) is 11.9. The Morgan fingerprint density at radius 3 is 2.75 bits per heavy atom. The van der Waals surface area contributed by atoms with Gasteiger partial charge in [-0.05, 0) is 20.3 Å². The van der Waals surface area contributed by atoms with Crippen LogP contribution >= 0.6 is 0 Å². The molecule has 0 aliphatic carbocycles. The van der Waals surface area contributed by atoms with Crippen LogP contribution in [0.1, 0.15) is 27.2 Å². The molecule has 0 bridgehead atoms. The summed E-state index contributed by atoms with van der Waals surface area (Å²) >= 11 is 0. The van der Waals surface area contributed by atoms with Gasteiger partial charge < -0.3 is 9.84 Å². The Morgan fingerprint density at radius 2 is 2.38 bits per heavy atom. The molecule has 16 heavy (non-hydrogen) atoms. The van der Waals surface area contributed by atoms with Gasteiger partial charge in [-0.1, -0.05) is 6.92 Å². The molecular weight excluding hydrogens is 208 g/mol. The van der Waals surface area contributed by atoms with Crippen molar-refractivity contribution in [3.8, 4) is 6.07 Å². The fraction of sp³-hybridized carbons (Fsp3) is 0.818. The topological polar surface area (TPSA) is 82.3 Å². The van der Waals surface area contributed by atoms with Crippen molar-refractivity contribution in [3.05, 3.63) is 0 Å². The number of nitriles is 1. The zero-order valence-electron chi connectivity index (χ0n) is 9.91. The minimum Gasteiger partial charge on any atom is -0.463 e. The first-order valence-electron chi connectivity index (χ1n) is 5.44. The van der Waals surface area contributed by atoms with Crippen molar-refractivity contribution in [2.24, 2.45) is 5.92 Å². The molecule has 2 atom stereocenters. The Hall–Kier alpha value is -1.12. The number of esters is 1. The molecule has 0 amide bonds. The SMILES string of the molecule is CCC(C#N)C1(C(C)(C)O)NCCOC1=O. The van der Waals surface area contributed by atoms with Crippen LogP contribution < -0.4 is 5.32 Å². The van der Waals surface area contributed by atoms with Crippen molar-refractivity contribution in [1.29, 1.82) is 5.26 Å². The molecule has 1 aliphatic rings. The van der Waals surface area contributed by atoms with Gasteiger partial charge in [-0.25, -0.2) is 4.79 Å². The number of cyclic esters (lactones) is 1. The first kappa shape index (κ1) is 12.9. The zero-order chi connectivity index (χ0) is 12.4. The van der Waals surface area contributed by atoms with Gasteiger partial charge in [0.1, 0.15) is 6.61 Å². The van der Waals surface area contributed by atoms with E-state index in [0.717, 1.165) is 0 Å². The first-order chi connectivity index (χ1) is 7.40. The van der Waals surface area contributed by atoms with E-state index in [1.54, 1.807) is 0 Å². The van der Waals surface area contributed by atoms with Crippen LogP contribution in [-0.2, 0) is 9.53 Å². The average molecular weight is 226 g/mol. The number of aliphatic hydroxyl groups is 1. The molecule has 5 nitrogen and oxygen atoms in total. The number of ether oxygens (including phenoxy) is 1. The Kier molecular flexibility index (Phi) is 3.56. The number of hydrogen-bond acceptors (Lipinski definition) is 5. The number of carbonyl (C=O) groups excluding carboxylic acids is 1. The number of hydrogen-bond donors (Lipinski definition) is 2. The van der Waals surface area contributed by atoms with Crippen LogP contribution in [0.5, 0.6) is 0 Å². The van der Waals surface area contributed by atoms with Crippen molar-refractivity contribution >= 4 is 5.97 Å². The fourth-order valence-corrected chi connectivity index (χ4v) is 2.23. The highest BCUT2D eigenvalue weighted by Crippen LogP contribution is 2.34. The predicted molar refractivity (Wildman–Crippen MR) is 57.4 cm³/mol. The lowest BCUT2D eigenvalue weighted by atomic mass is 9.71. The number of nitrogens with one attached hydrogen (secondary N) is 1. The normalized spacial score (nSPS) is 28.1. The average Bonchev–Trinajstić information content (AvgIpc) is 2.20. The Balaban J connectivity index is 3.21. The Morgan fingerprint density at radius 1 is 1.75 bits per heavy atom. The molecule has 2 unspecified atom stereocenters. The van der Waals surface area contributed by atoms with Gasteiger partial charge in [-0.3, -0.25) is 5.32 Å². The number of carbonyl (C=O) groups is 1. The molecule has 1 heterocycles. The molecule has 1 aliphatic heterocycles. The van der Waals surface area contributed by atoms with E-state index in [0.29, 0.717) is 13.0 Å². The summed E-state index contributed by atoms with van der Waals surface area (Å²) in [5.74, 6) is -1.15. The molecule has 0 saturated carbocycles.